The fourth-order valence-corrected chi connectivity index (χ4v) is 6.73. The number of hydrogen-bond donors (Lipinski definition) is 1. The maximum atomic E-state index is 13.7. The minimum Gasteiger partial charge on any atom is -0.454 e. The third-order valence-electron chi connectivity index (χ3n) is 9.36. The van der Waals surface area contributed by atoms with Gasteiger partial charge in [-0.15, -0.1) is 0 Å². The first kappa shape index (κ1) is 32.5. The van der Waals surface area contributed by atoms with Crippen LogP contribution in [-0.4, -0.2) is 87.1 Å². The molecule has 1 fully saturated rings. The number of nitrogens with zero attached hydrogens (tertiary/aromatic N) is 5. The molecule has 4 aliphatic rings. The van der Waals surface area contributed by atoms with Gasteiger partial charge in [-0.25, -0.2) is 9.37 Å². The lowest BCUT2D eigenvalue weighted by Gasteiger charge is -2.31. The molecule has 1 N–H and O–H groups in total. The molecule has 47 heavy (non-hydrogen) atoms. The van der Waals surface area contributed by atoms with Crippen LogP contribution in [0.25, 0.3) is 6.08 Å². The van der Waals surface area contributed by atoms with Crippen molar-refractivity contribution < 1.29 is 32.8 Å². The number of amides is 3. The van der Waals surface area contributed by atoms with E-state index in [1.807, 2.05) is 6.92 Å². The molecule has 13 nitrogen and oxygen atoms in total. The molecular weight excluding hydrogens is 611 g/mol. The van der Waals surface area contributed by atoms with Crippen molar-refractivity contribution in [3.8, 4) is 0 Å². The van der Waals surface area contributed by atoms with Gasteiger partial charge in [0.2, 0.25) is 5.91 Å². The molecule has 2 aromatic heterocycles. The molecule has 3 aliphatic heterocycles. The van der Waals surface area contributed by atoms with Crippen molar-refractivity contribution in [1.82, 2.24) is 29.8 Å². The second-order valence-electron chi connectivity index (χ2n) is 12.5. The maximum absolute atomic E-state index is 13.7. The summed E-state index contributed by atoms with van der Waals surface area (Å²) in [6.07, 6.45) is 7.66. The Kier molecular flexibility index (Phi) is 9.76. The lowest BCUT2D eigenvalue weighted by molar-refractivity contribution is -0.151. The van der Waals surface area contributed by atoms with Crippen molar-refractivity contribution in [1.29, 1.82) is 0 Å². The number of piperidine rings is 1. The van der Waals surface area contributed by atoms with E-state index in [1.54, 1.807) is 16.7 Å². The van der Waals surface area contributed by atoms with E-state index in [9.17, 15) is 28.4 Å². The lowest BCUT2D eigenvalue weighted by atomic mass is 9.89. The molecule has 0 radical (unpaired) electrons. The zero-order valence-corrected chi connectivity index (χ0v) is 26.4. The highest BCUT2D eigenvalue weighted by Crippen LogP contribution is 2.34. The fraction of sp³-hybridized carbons (Fsp3) is 0.545. The zero-order valence-electron chi connectivity index (χ0n) is 26.4. The number of allylic oxidation sites excluding steroid dienone is 1. The normalized spacial score (nSPS) is 21.2. The Labute approximate surface area is 270 Å². The van der Waals surface area contributed by atoms with Crippen LogP contribution in [0.3, 0.4) is 0 Å². The standard InChI is InChI=1S/C33H39FN6O7/c1-20-23(11-17-38-15-9-21(10-16-38)31-24-5-4-22(34)19-26(24)47-37-31)33(45)40-14-2-3-25(32(40)36-20)46-30(44)8-13-35-27(41)12-18-39-28(42)6-7-29(39)43/h4-7,21-22,25H,2-3,8-19H2,1H3,(H,35,41). The van der Waals surface area contributed by atoms with Crippen LogP contribution in [0.1, 0.15) is 84.6 Å². The molecule has 3 amide bonds. The molecule has 1 aliphatic carbocycles. The van der Waals surface area contributed by atoms with Gasteiger partial charge in [-0.05, 0) is 58.2 Å². The number of aromatic nitrogens is 3. The maximum Gasteiger partial charge on any atom is 0.308 e. The molecule has 2 atom stereocenters. The molecule has 1 saturated heterocycles. The van der Waals surface area contributed by atoms with Gasteiger partial charge < -0.3 is 19.5 Å². The first-order valence-corrected chi connectivity index (χ1v) is 16.3. The number of hydrogen-bond acceptors (Lipinski definition) is 10. The molecule has 6 rings (SSSR count). The van der Waals surface area contributed by atoms with Crippen molar-refractivity contribution in [3.63, 3.8) is 0 Å². The van der Waals surface area contributed by atoms with Gasteiger partial charge in [-0.3, -0.25) is 33.4 Å². The van der Waals surface area contributed by atoms with Gasteiger partial charge in [-0.1, -0.05) is 11.2 Å². The highest BCUT2D eigenvalue weighted by Gasteiger charge is 2.31. The highest BCUT2D eigenvalue weighted by molar-refractivity contribution is 6.13. The summed E-state index contributed by atoms with van der Waals surface area (Å²) in [5, 5.41) is 6.88. The average molecular weight is 651 g/mol. The number of halogens is 1. The molecule has 2 unspecified atom stereocenters. The quantitative estimate of drug-likeness (QED) is 0.282. The minimum atomic E-state index is -1.03. The number of aryl methyl sites for hydroxylation is 1. The van der Waals surface area contributed by atoms with E-state index in [4.69, 9.17) is 14.2 Å². The number of ether oxygens (including phenoxy) is 1. The Morgan fingerprint density at radius 1 is 1.04 bits per heavy atom. The van der Waals surface area contributed by atoms with Crippen LogP contribution in [0, 0.1) is 6.92 Å². The number of fused-ring (bicyclic) bond motifs is 2. The predicted octanol–water partition coefficient (Wildman–Crippen LogP) is 2.07. The SMILES string of the molecule is Cc1nc2n(c(=O)c1CCN1CCC(c3noc4c3C=CC(F)C4)CC1)CCCC2OC(=O)CCNC(=O)CCN1C(=O)C=CC1=O. The first-order valence-electron chi connectivity index (χ1n) is 16.3. The number of alkyl halides is 1. The Balaban J connectivity index is 0.974. The topological polar surface area (TPSA) is 157 Å². The van der Waals surface area contributed by atoms with Crippen LogP contribution in [-0.2, 0) is 43.3 Å². The van der Waals surface area contributed by atoms with E-state index < -0.39 is 36.0 Å². The van der Waals surface area contributed by atoms with E-state index in [0.717, 1.165) is 60.8 Å². The molecular formula is C33H39FN6O7. The van der Waals surface area contributed by atoms with E-state index in [1.165, 1.54) is 0 Å². The van der Waals surface area contributed by atoms with Gasteiger partial charge >= 0.3 is 5.97 Å². The molecule has 0 aromatic carbocycles. The van der Waals surface area contributed by atoms with Gasteiger partial charge in [0, 0.05) is 73.9 Å². The third-order valence-corrected chi connectivity index (χ3v) is 9.36. The predicted molar refractivity (Wildman–Crippen MR) is 166 cm³/mol. The zero-order chi connectivity index (χ0) is 33.1. The average Bonchev–Trinajstić information content (AvgIpc) is 3.62. The van der Waals surface area contributed by atoms with Crippen LogP contribution >= 0.6 is 0 Å². The monoisotopic (exact) mass is 650 g/mol. The molecule has 0 bridgehead atoms. The number of imide groups is 1. The Morgan fingerprint density at radius 3 is 2.57 bits per heavy atom. The van der Waals surface area contributed by atoms with E-state index in [0.29, 0.717) is 48.6 Å². The number of carbonyl (C=O) groups is 4. The summed E-state index contributed by atoms with van der Waals surface area (Å²) in [5.41, 5.74) is 3.03. The Bertz CT molecular complexity index is 1650. The molecule has 5 heterocycles. The largest absolute Gasteiger partial charge is 0.454 e. The van der Waals surface area contributed by atoms with Crippen molar-refractivity contribution in [2.75, 3.05) is 32.7 Å². The summed E-state index contributed by atoms with van der Waals surface area (Å²) in [4.78, 5) is 69.6. The molecule has 250 valence electrons. The van der Waals surface area contributed by atoms with Gasteiger partial charge in [0.05, 0.1) is 12.1 Å². The second kappa shape index (κ2) is 14.1. The number of likely N-dealkylation sites (tertiary alicyclic amines) is 1. The summed E-state index contributed by atoms with van der Waals surface area (Å²) in [6.45, 7) is 4.75. The van der Waals surface area contributed by atoms with Crippen LogP contribution in [0.15, 0.2) is 27.5 Å². The fourth-order valence-electron chi connectivity index (χ4n) is 6.73. The van der Waals surface area contributed by atoms with Crippen LogP contribution in [0.5, 0.6) is 0 Å². The van der Waals surface area contributed by atoms with Crippen molar-refractivity contribution >= 4 is 29.8 Å². The summed E-state index contributed by atoms with van der Waals surface area (Å²) < 4.78 is 26.4. The smallest absolute Gasteiger partial charge is 0.308 e. The van der Waals surface area contributed by atoms with Gasteiger partial charge in [0.25, 0.3) is 17.4 Å². The number of rotatable bonds is 11. The van der Waals surface area contributed by atoms with Crippen molar-refractivity contribution in [2.24, 2.45) is 0 Å². The van der Waals surface area contributed by atoms with Gasteiger partial charge in [-0.2, -0.15) is 0 Å². The minimum absolute atomic E-state index is 0.0346. The summed E-state index contributed by atoms with van der Waals surface area (Å²) in [6, 6.07) is 0. The summed E-state index contributed by atoms with van der Waals surface area (Å²) in [5.74, 6) is -0.501. The summed E-state index contributed by atoms with van der Waals surface area (Å²) in [7, 11) is 0. The Hall–Kier alpha value is -4.46. The van der Waals surface area contributed by atoms with E-state index >= 15 is 0 Å². The first-order chi connectivity index (χ1) is 22.7. The van der Waals surface area contributed by atoms with Crippen LogP contribution in [0.4, 0.5) is 4.39 Å². The lowest BCUT2D eigenvalue weighted by Crippen LogP contribution is -2.38. The van der Waals surface area contributed by atoms with Crippen LogP contribution < -0.4 is 10.9 Å². The Morgan fingerprint density at radius 2 is 1.81 bits per heavy atom. The van der Waals surface area contributed by atoms with Gasteiger partial charge in [0.15, 0.2) is 11.9 Å². The second-order valence-corrected chi connectivity index (χ2v) is 12.5. The summed E-state index contributed by atoms with van der Waals surface area (Å²) >= 11 is 0. The van der Waals surface area contributed by atoms with E-state index in [2.05, 4.69) is 15.4 Å². The van der Waals surface area contributed by atoms with E-state index in [-0.39, 0.29) is 43.8 Å². The molecule has 0 spiro atoms. The number of carbonyl (C=O) groups excluding carboxylic acids is 4. The molecule has 2 aromatic rings. The molecule has 14 heteroatoms. The molecule has 0 saturated carbocycles. The van der Waals surface area contributed by atoms with Crippen LogP contribution in [0.2, 0.25) is 0 Å². The number of nitrogens with one attached hydrogen (secondary N) is 1. The highest BCUT2D eigenvalue weighted by atomic mass is 19.1. The number of esters is 1. The third kappa shape index (κ3) is 7.27. The van der Waals surface area contributed by atoms with Crippen molar-refractivity contribution in [3.05, 3.63) is 62.7 Å². The van der Waals surface area contributed by atoms with Gasteiger partial charge in [0.1, 0.15) is 11.9 Å². The van der Waals surface area contributed by atoms with Crippen molar-refractivity contribution in [2.45, 2.75) is 83.0 Å².